The number of hydrogen-bond acceptors (Lipinski definition) is 2. The van der Waals surface area contributed by atoms with Crippen molar-refractivity contribution in [2.24, 2.45) is 5.92 Å². The lowest BCUT2D eigenvalue weighted by Crippen LogP contribution is -2.36. The van der Waals surface area contributed by atoms with Gasteiger partial charge in [0.25, 0.3) is 0 Å². The van der Waals surface area contributed by atoms with Crippen LogP contribution in [0.3, 0.4) is 0 Å². The van der Waals surface area contributed by atoms with Gasteiger partial charge in [-0.05, 0) is 50.3 Å². The lowest BCUT2D eigenvalue weighted by Gasteiger charge is -2.32. The predicted molar refractivity (Wildman–Crippen MR) is 71.0 cm³/mol. The second-order valence-electron chi connectivity index (χ2n) is 5.36. The van der Waals surface area contributed by atoms with Crippen LogP contribution in [-0.4, -0.2) is 29.7 Å². The average molecular weight is 233 g/mol. The molecule has 2 heteroatoms. The molecule has 1 saturated heterocycles. The summed E-state index contributed by atoms with van der Waals surface area (Å²) in [6.45, 7) is 7.91. The first-order valence-corrected chi connectivity index (χ1v) is 6.58. The van der Waals surface area contributed by atoms with Crippen LogP contribution in [0.15, 0.2) is 18.2 Å². The Morgan fingerprint density at radius 2 is 2.18 bits per heavy atom. The molecule has 0 aliphatic carbocycles. The second kappa shape index (κ2) is 5.65. The third-order valence-electron chi connectivity index (χ3n) is 3.75. The molecular formula is C15H23NO. The molecule has 1 aliphatic rings. The summed E-state index contributed by atoms with van der Waals surface area (Å²) >= 11 is 0. The van der Waals surface area contributed by atoms with Crippen molar-refractivity contribution in [2.45, 2.75) is 33.2 Å². The lowest BCUT2D eigenvalue weighted by molar-refractivity contribution is 0.116. The van der Waals surface area contributed by atoms with Gasteiger partial charge < -0.3 is 5.11 Å². The second-order valence-corrected chi connectivity index (χ2v) is 5.36. The molecule has 1 aromatic carbocycles. The van der Waals surface area contributed by atoms with Crippen molar-refractivity contribution in [3.05, 3.63) is 34.9 Å². The van der Waals surface area contributed by atoms with Gasteiger partial charge in [0.15, 0.2) is 0 Å². The first-order chi connectivity index (χ1) is 8.19. The quantitative estimate of drug-likeness (QED) is 0.867. The van der Waals surface area contributed by atoms with Crippen LogP contribution in [0.5, 0.6) is 0 Å². The zero-order chi connectivity index (χ0) is 12.3. The molecule has 1 heterocycles. The first kappa shape index (κ1) is 12.6. The van der Waals surface area contributed by atoms with Crippen molar-refractivity contribution >= 4 is 0 Å². The number of hydrogen-bond donors (Lipinski definition) is 1. The maximum Gasteiger partial charge on any atom is 0.0471 e. The Labute approximate surface area is 104 Å². The number of rotatable bonds is 3. The number of benzene rings is 1. The monoisotopic (exact) mass is 233 g/mol. The van der Waals surface area contributed by atoms with E-state index in [0.29, 0.717) is 12.5 Å². The highest BCUT2D eigenvalue weighted by Gasteiger charge is 2.19. The van der Waals surface area contributed by atoms with Crippen LogP contribution >= 0.6 is 0 Å². The van der Waals surface area contributed by atoms with Crippen molar-refractivity contribution < 1.29 is 5.11 Å². The van der Waals surface area contributed by atoms with Gasteiger partial charge in [0, 0.05) is 19.7 Å². The van der Waals surface area contributed by atoms with E-state index in [4.69, 9.17) is 0 Å². The Balaban J connectivity index is 2.00. The zero-order valence-electron chi connectivity index (χ0n) is 10.9. The van der Waals surface area contributed by atoms with E-state index in [1.54, 1.807) is 0 Å². The summed E-state index contributed by atoms with van der Waals surface area (Å²) in [4.78, 5) is 2.47. The Kier molecular flexibility index (Phi) is 4.19. The van der Waals surface area contributed by atoms with E-state index in [9.17, 15) is 5.11 Å². The van der Waals surface area contributed by atoms with Gasteiger partial charge in [-0.2, -0.15) is 0 Å². The number of aryl methyl sites for hydroxylation is 2. The molecule has 1 aliphatic heterocycles. The van der Waals surface area contributed by atoms with E-state index in [1.807, 2.05) is 0 Å². The van der Waals surface area contributed by atoms with Crippen LogP contribution in [0.2, 0.25) is 0 Å². The summed E-state index contributed by atoms with van der Waals surface area (Å²) in [6, 6.07) is 6.69. The summed E-state index contributed by atoms with van der Waals surface area (Å²) in [5, 5.41) is 9.24. The highest BCUT2D eigenvalue weighted by Crippen LogP contribution is 2.19. The van der Waals surface area contributed by atoms with E-state index in [1.165, 1.54) is 36.1 Å². The highest BCUT2D eigenvalue weighted by molar-refractivity contribution is 5.30. The van der Waals surface area contributed by atoms with Gasteiger partial charge in [-0.15, -0.1) is 0 Å². The largest absolute Gasteiger partial charge is 0.396 e. The maximum atomic E-state index is 9.24. The molecular weight excluding hydrogens is 210 g/mol. The van der Waals surface area contributed by atoms with E-state index in [2.05, 4.69) is 36.9 Å². The van der Waals surface area contributed by atoms with Gasteiger partial charge in [-0.1, -0.05) is 23.8 Å². The Morgan fingerprint density at radius 3 is 2.88 bits per heavy atom. The molecule has 0 spiro atoms. The van der Waals surface area contributed by atoms with Gasteiger partial charge in [0.2, 0.25) is 0 Å². The fourth-order valence-corrected chi connectivity index (χ4v) is 2.71. The van der Waals surface area contributed by atoms with Gasteiger partial charge >= 0.3 is 0 Å². The summed E-state index contributed by atoms with van der Waals surface area (Å²) < 4.78 is 0. The number of aliphatic hydroxyl groups excluding tert-OH is 1. The Bertz CT molecular complexity index is 375. The molecule has 1 atom stereocenters. The molecule has 0 saturated carbocycles. The van der Waals surface area contributed by atoms with Gasteiger partial charge in [0.1, 0.15) is 0 Å². The first-order valence-electron chi connectivity index (χ1n) is 6.58. The van der Waals surface area contributed by atoms with Crippen molar-refractivity contribution in [3.8, 4) is 0 Å². The zero-order valence-corrected chi connectivity index (χ0v) is 10.9. The fraction of sp³-hybridized carbons (Fsp3) is 0.600. The smallest absolute Gasteiger partial charge is 0.0471 e. The third kappa shape index (κ3) is 3.30. The molecule has 2 nitrogen and oxygen atoms in total. The molecule has 2 rings (SSSR count). The van der Waals surface area contributed by atoms with Gasteiger partial charge in [0.05, 0.1) is 0 Å². The SMILES string of the molecule is Cc1ccc(CN2CCC[C@H](CO)C2)c(C)c1. The molecule has 17 heavy (non-hydrogen) atoms. The summed E-state index contributed by atoms with van der Waals surface area (Å²) in [7, 11) is 0. The number of piperidine rings is 1. The topological polar surface area (TPSA) is 23.5 Å². The minimum atomic E-state index is 0.337. The van der Waals surface area contributed by atoms with Crippen molar-refractivity contribution in [3.63, 3.8) is 0 Å². The van der Waals surface area contributed by atoms with Gasteiger partial charge in [-0.3, -0.25) is 4.90 Å². The third-order valence-corrected chi connectivity index (χ3v) is 3.75. The van der Waals surface area contributed by atoms with Crippen molar-refractivity contribution in [1.82, 2.24) is 4.90 Å². The van der Waals surface area contributed by atoms with Crippen LogP contribution in [0.1, 0.15) is 29.5 Å². The average Bonchev–Trinajstić information content (AvgIpc) is 2.33. The van der Waals surface area contributed by atoms with Crippen molar-refractivity contribution in [1.29, 1.82) is 0 Å². The highest BCUT2D eigenvalue weighted by atomic mass is 16.3. The fourth-order valence-electron chi connectivity index (χ4n) is 2.71. The molecule has 1 aromatic rings. The molecule has 1 fully saturated rings. The maximum absolute atomic E-state index is 9.24. The Morgan fingerprint density at radius 1 is 1.35 bits per heavy atom. The van der Waals surface area contributed by atoms with Crippen molar-refractivity contribution in [2.75, 3.05) is 19.7 Å². The minimum absolute atomic E-state index is 0.337. The summed E-state index contributed by atoms with van der Waals surface area (Å²) in [5.74, 6) is 0.481. The van der Waals surface area contributed by atoms with E-state index >= 15 is 0 Å². The van der Waals surface area contributed by atoms with E-state index < -0.39 is 0 Å². The van der Waals surface area contributed by atoms with Gasteiger partial charge in [-0.25, -0.2) is 0 Å². The molecule has 1 N–H and O–H groups in total. The molecule has 0 amide bonds. The number of aliphatic hydroxyl groups is 1. The molecule has 94 valence electrons. The molecule has 0 aromatic heterocycles. The molecule has 0 radical (unpaired) electrons. The molecule has 0 bridgehead atoms. The van der Waals surface area contributed by atoms with Crippen LogP contribution in [0, 0.1) is 19.8 Å². The van der Waals surface area contributed by atoms with Crippen LogP contribution in [0.25, 0.3) is 0 Å². The normalized spacial score (nSPS) is 21.7. The minimum Gasteiger partial charge on any atom is -0.396 e. The predicted octanol–water partition coefficient (Wildman–Crippen LogP) is 2.51. The summed E-state index contributed by atoms with van der Waals surface area (Å²) in [6.07, 6.45) is 2.40. The van der Waals surface area contributed by atoms with E-state index in [0.717, 1.165) is 13.1 Å². The molecule has 0 unspecified atom stereocenters. The number of likely N-dealkylation sites (tertiary alicyclic amines) is 1. The Hall–Kier alpha value is -0.860. The standard InChI is InChI=1S/C15H23NO/c1-12-5-6-15(13(2)8-12)10-16-7-3-4-14(9-16)11-17/h5-6,8,14,17H,3-4,7,9-11H2,1-2H3/t14-/m0/s1. The van der Waals surface area contributed by atoms with Crippen LogP contribution in [0.4, 0.5) is 0 Å². The summed E-state index contributed by atoms with van der Waals surface area (Å²) in [5.41, 5.74) is 4.14. The van der Waals surface area contributed by atoms with E-state index in [-0.39, 0.29) is 0 Å². The lowest BCUT2D eigenvalue weighted by atomic mass is 9.97. The van der Waals surface area contributed by atoms with Crippen LogP contribution in [-0.2, 0) is 6.54 Å². The number of nitrogens with zero attached hydrogens (tertiary/aromatic N) is 1. The van der Waals surface area contributed by atoms with Crippen LogP contribution < -0.4 is 0 Å².